The quantitative estimate of drug-likeness (QED) is 0.288. The highest BCUT2D eigenvalue weighted by Crippen LogP contribution is 2.45. The minimum Gasteiger partial charge on any atom is -0.339 e. The number of benzene rings is 3. The van der Waals surface area contributed by atoms with E-state index in [2.05, 4.69) is 17.4 Å². The van der Waals surface area contributed by atoms with E-state index in [0.29, 0.717) is 10.6 Å². The van der Waals surface area contributed by atoms with E-state index in [9.17, 15) is 4.79 Å². The molecular weight excluding hydrogens is 414 g/mol. The summed E-state index contributed by atoms with van der Waals surface area (Å²) in [6.45, 7) is 0. The number of halogens is 1. The van der Waals surface area contributed by atoms with Gasteiger partial charge in [-0.1, -0.05) is 71.9 Å². The van der Waals surface area contributed by atoms with Gasteiger partial charge in [0, 0.05) is 38.9 Å². The maximum absolute atomic E-state index is 12.9. The summed E-state index contributed by atoms with van der Waals surface area (Å²) in [7, 11) is 0. The zero-order valence-electron chi connectivity index (χ0n) is 15.7. The molecule has 0 fully saturated rings. The average molecular weight is 430 g/mol. The molecule has 4 aromatic rings. The van der Waals surface area contributed by atoms with Crippen LogP contribution in [0.25, 0.3) is 16.3 Å². The lowest BCUT2D eigenvalue weighted by atomic mass is 10.1. The van der Waals surface area contributed by atoms with Crippen LogP contribution >= 0.6 is 23.4 Å². The number of ketones is 1. The molecule has 0 amide bonds. The highest BCUT2D eigenvalue weighted by Gasteiger charge is 2.23. The van der Waals surface area contributed by atoms with Crippen LogP contribution in [0, 0.1) is 0 Å². The number of para-hydroxylation sites is 1. The second-order valence-electron chi connectivity index (χ2n) is 6.77. The molecule has 0 saturated carbocycles. The lowest BCUT2D eigenvalue weighted by Gasteiger charge is -2.19. The number of nitrogens with zero attached hydrogens (tertiary/aromatic N) is 2. The van der Waals surface area contributed by atoms with Gasteiger partial charge in [0.1, 0.15) is 5.03 Å². The zero-order chi connectivity index (χ0) is 20.5. The SMILES string of the molecule is O=C(/C=C1/Sc2ccccc2-c2cc(Nc3ccccc3)nn21)c1cccc(Cl)c1. The molecule has 5 rings (SSSR count). The maximum atomic E-state index is 12.9. The van der Waals surface area contributed by atoms with Gasteiger partial charge in [0.25, 0.3) is 0 Å². The first-order valence-corrected chi connectivity index (χ1v) is 10.6. The number of allylic oxidation sites excluding steroid dienone is 1. The molecule has 3 aromatic carbocycles. The summed E-state index contributed by atoms with van der Waals surface area (Å²) in [6.07, 6.45) is 1.62. The van der Waals surface area contributed by atoms with Gasteiger partial charge >= 0.3 is 0 Å². The molecule has 0 radical (unpaired) electrons. The Hall–Kier alpha value is -3.28. The van der Waals surface area contributed by atoms with Gasteiger partial charge in [-0.15, -0.1) is 5.10 Å². The van der Waals surface area contributed by atoms with E-state index in [1.807, 2.05) is 53.2 Å². The lowest BCUT2D eigenvalue weighted by molar-refractivity contribution is 0.104. The molecule has 6 heteroatoms. The normalized spacial score (nSPS) is 13.6. The molecule has 2 heterocycles. The lowest BCUT2D eigenvalue weighted by Crippen LogP contribution is -2.07. The summed E-state index contributed by atoms with van der Waals surface area (Å²) in [6, 6.07) is 27.0. The van der Waals surface area contributed by atoms with Crippen molar-refractivity contribution in [1.82, 2.24) is 9.78 Å². The second kappa shape index (κ2) is 7.86. The first-order chi connectivity index (χ1) is 14.7. The van der Waals surface area contributed by atoms with Gasteiger partial charge in [-0.05, 0) is 30.3 Å². The fourth-order valence-corrected chi connectivity index (χ4v) is 4.56. The van der Waals surface area contributed by atoms with Crippen LogP contribution in [0.5, 0.6) is 0 Å². The van der Waals surface area contributed by atoms with Crippen molar-refractivity contribution in [2.24, 2.45) is 0 Å². The first kappa shape index (κ1) is 18.7. The van der Waals surface area contributed by atoms with E-state index in [-0.39, 0.29) is 5.78 Å². The highest BCUT2D eigenvalue weighted by atomic mass is 35.5. The molecule has 4 nitrogen and oxygen atoms in total. The van der Waals surface area contributed by atoms with Gasteiger partial charge in [-0.25, -0.2) is 4.68 Å². The van der Waals surface area contributed by atoms with Gasteiger partial charge < -0.3 is 5.32 Å². The van der Waals surface area contributed by atoms with E-state index in [1.165, 1.54) is 11.8 Å². The van der Waals surface area contributed by atoms with Crippen LogP contribution < -0.4 is 5.32 Å². The molecular formula is C24H16ClN3OS. The van der Waals surface area contributed by atoms with Crippen LogP contribution in [0.4, 0.5) is 11.5 Å². The third kappa shape index (κ3) is 3.65. The Kier molecular flexibility index (Phi) is 4.91. The van der Waals surface area contributed by atoms with Crippen molar-refractivity contribution in [2.75, 3.05) is 5.32 Å². The number of thioether (sulfide) groups is 1. The van der Waals surface area contributed by atoms with Crippen molar-refractivity contribution in [3.8, 4) is 11.3 Å². The van der Waals surface area contributed by atoms with E-state index >= 15 is 0 Å². The number of hydrogen-bond donors (Lipinski definition) is 1. The van der Waals surface area contributed by atoms with Crippen LogP contribution in [-0.2, 0) is 0 Å². The smallest absolute Gasteiger partial charge is 0.188 e. The molecule has 0 atom stereocenters. The summed E-state index contributed by atoms with van der Waals surface area (Å²) >= 11 is 7.58. The monoisotopic (exact) mass is 429 g/mol. The summed E-state index contributed by atoms with van der Waals surface area (Å²) < 4.78 is 1.82. The van der Waals surface area contributed by atoms with Gasteiger partial charge in [0.05, 0.1) is 5.69 Å². The zero-order valence-corrected chi connectivity index (χ0v) is 17.3. The summed E-state index contributed by atoms with van der Waals surface area (Å²) in [5, 5.41) is 9.35. The summed E-state index contributed by atoms with van der Waals surface area (Å²) in [5.41, 5.74) is 3.52. The third-order valence-corrected chi connectivity index (χ3v) is 6.02. The van der Waals surface area contributed by atoms with Crippen LogP contribution in [0.2, 0.25) is 5.02 Å². The molecule has 1 aliphatic heterocycles. The standard InChI is InChI=1S/C24H16ClN3OS/c25-17-8-6-7-16(13-17)21(29)15-24-28-20(19-11-4-5-12-22(19)30-24)14-23(27-28)26-18-9-2-1-3-10-18/h1-15H,(H,26,27)/b24-15+. The summed E-state index contributed by atoms with van der Waals surface area (Å²) in [5.74, 6) is 0.605. The van der Waals surface area contributed by atoms with Gasteiger partial charge in [0.15, 0.2) is 11.6 Å². The summed E-state index contributed by atoms with van der Waals surface area (Å²) in [4.78, 5) is 14.0. The fourth-order valence-electron chi connectivity index (χ4n) is 3.32. The Morgan fingerprint density at radius 1 is 0.967 bits per heavy atom. The van der Waals surface area contributed by atoms with Crippen molar-refractivity contribution in [2.45, 2.75) is 4.90 Å². The van der Waals surface area contributed by atoms with E-state index in [0.717, 1.165) is 32.7 Å². The molecule has 0 bridgehead atoms. The van der Waals surface area contributed by atoms with Crippen molar-refractivity contribution >= 4 is 45.7 Å². The predicted octanol–water partition coefficient (Wildman–Crippen LogP) is 6.73. The molecule has 0 aliphatic carbocycles. The van der Waals surface area contributed by atoms with Crippen molar-refractivity contribution in [1.29, 1.82) is 0 Å². The van der Waals surface area contributed by atoms with Crippen molar-refractivity contribution in [3.63, 3.8) is 0 Å². The van der Waals surface area contributed by atoms with Crippen LogP contribution in [0.1, 0.15) is 10.4 Å². The van der Waals surface area contributed by atoms with E-state index < -0.39 is 0 Å². The Morgan fingerprint density at radius 3 is 2.60 bits per heavy atom. The van der Waals surface area contributed by atoms with Crippen LogP contribution in [-0.4, -0.2) is 15.6 Å². The highest BCUT2D eigenvalue weighted by molar-refractivity contribution is 8.08. The minimum absolute atomic E-state index is 0.113. The van der Waals surface area contributed by atoms with Crippen molar-refractivity contribution in [3.05, 3.63) is 102 Å². The number of nitrogens with one attached hydrogen (secondary N) is 1. The number of anilines is 2. The Labute approximate surface area is 183 Å². The number of fused-ring (bicyclic) bond motifs is 3. The molecule has 0 unspecified atom stereocenters. The second-order valence-corrected chi connectivity index (χ2v) is 8.27. The molecule has 1 aliphatic rings. The van der Waals surface area contributed by atoms with E-state index in [4.69, 9.17) is 16.7 Å². The van der Waals surface area contributed by atoms with Gasteiger partial charge in [0.2, 0.25) is 0 Å². The Balaban J connectivity index is 1.57. The first-order valence-electron chi connectivity index (χ1n) is 9.39. The molecule has 0 spiro atoms. The van der Waals surface area contributed by atoms with Gasteiger partial charge in [-0.3, -0.25) is 4.79 Å². The third-order valence-electron chi connectivity index (χ3n) is 4.71. The predicted molar refractivity (Wildman–Crippen MR) is 123 cm³/mol. The molecule has 30 heavy (non-hydrogen) atoms. The number of hydrogen-bond acceptors (Lipinski definition) is 4. The minimum atomic E-state index is -0.113. The number of carbonyl (C=O) groups excluding carboxylic acids is 1. The molecule has 1 aromatic heterocycles. The van der Waals surface area contributed by atoms with E-state index in [1.54, 1.807) is 30.3 Å². The topological polar surface area (TPSA) is 46.9 Å². The Bertz CT molecular complexity index is 1280. The Morgan fingerprint density at radius 2 is 1.77 bits per heavy atom. The maximum Gasteiger partial charge on any atom is 0.188 e. The van der Waals surface area contributed by atoms with Crippen LogP contribution in [0.15, 0.2) is 95.9 Å². The largest absolute Gasteiger partial charge is 0.339 e. The van der Waals surface area contributed by atoms with Crippen LogP contribution in [0.3, 0.4) is 0 Å². The number of rotatable bonds is 4. The van der Waals surface area contributed by atoms with Crippen molar-refractivity contribution < 1.29 is 4.79 Å². The van der Waals surface area contributed by atoms with Gasteiger partial charge in [-0.2, -0.15) is 0 Å². The molecule has 146 valence electrons. The molecule has 0 saturated heterocycles. The number of aromatic nitrogens is 2. The average Bonchev–Trinajstić information content (AvgIpc) is 3.19. The molecule has 1 N–H and O–H groups in total. The number of carbonyl (C=O) groups is 1. The fraction of sp³-hybridized carbons (Fsp3) is 0.